The van der Waals surface area contributed by atoms with E-state index in [0.29, 0.717) is 23.5 Å². The minimum atomic E-state index is -0.360. The molecular weight excluding hydrogens is 304 g/mol. The third-order valence-electron chi connectivity index (χ3n) is 3.63. The lowest BCUT2D eigenvalue weighted by Gasteiger charge is -2.15. The molecule has 2 aromatic heterocycles. The number of carbonyl (C=O) groups is 1. The summed E-state index contributed by atoms with van der Waals surface area (Å²) in [5.74, 6) is -0.306. The van der Waals surface area contributed by atoms with E-state index in [0.717, 1.165) is 5.56 Å². The van der Waals surface area contributed by atoms with E-state index in [4.69, 9.17) is 0 Å². The Balaban J connectivity index is 1.67. The summed E-state index contributed by atoms with van der Waals surface area (Å²) in [7, 11) is 0. The molecule has 1 aromatic carbocycles. The highest BCUT2D eigenvalue weighted by molar-refractivity contribution is 5.93. The van der Waals surface area contributed by atoms with Gasteiger partial charge in [-0.15, -0.1) is 0 Å². The van der Waals surface area contributed by atoms with E-state index >= 15 is 0 Å². The molecule has 24 heavy (non-hydrogen) atoms. The van der Waals surface area contributed by atoms with Gasteiger partial charge in [-0.25, -0.2) is 0 Å². The fraction of sp³-hybridized carbons (Fsp3) is 0.167. The number of rotatable bonds is 6. The second-order valence-corrected chi connectivity index (χ2v) is 5.42. The molecule has 2 heterocycles. The minimum absolute atomic E-state index is 0.137. The molecule has 0 bridgehead atoms. The van der Waals surface area contributed by atoms with Gasteiger partial charge in [-0.1, -0.05) is 36.4 Å². The van der Waals surface area contributed by atoms with Crippen LogP contribution in [0.15, 0.2) is 60.8 Å². The molecule has 6 heteroatoms. The predicted molar refractivity (Wildman–Crippen MR) is 90.3 cm³/mol. The molecule has 0 unspecified atom stereocenters. The van der Waals surface area contributed by atoms with Gasteiger partial charge in [-0.3, -0.25) is 14.9 Å². The molecule has 1 atom stereocenters. The van der Waals surface area contributed by atoms with Crippen molar-refractivity contribution < 1.29 is 9.90 Å². The Hall–Kier alpha value is -2.99. The highest BCUT2D eigenvalue weighted by Gasteiger charge is 2.16. The van der Waals surface area contributed by atoms with Crippen molar-refractivity contribution in [3.8, 4) is 11.4 Å². The average Bonchev–Trinajstić information content (AvgIpc) is 3.13. The largest absolute Gasteiger partial charge is 0.394 e. The number of amides is 1. The molecule has 0 aliphatic carbocycles. The van der Waals surface area contributed by atoms with Crippen LogP contribution in [0.3, 0.4) is 0 Å². The molecule has 0 fully saturated rings. The average molecular weight is 322 g/mol. The lowest BCUT2D eigenvalue weighted by Crippen LogP contribution is -2.39. The summed E-state index contributed by atoms with van der Waals surface area (Å²) in [5.41, 5.74) is 2.68. The van der Waals surface area contributed by atoms with Gasteiger partial charge in [0.05, 0.1) is 18.3 Å². The normalized spacial score (nSPS) is 11.9. The Morgan fingerprint density at radius 2 is 1.92 bits per heavy atom. The summed E-state index contributed by atoms with van der Waals surface area (Å²) in [5, 5.41) is 19.2. The molecule has 122 valence electrons. The van der Waals surface area contributed by atoms with Crippen LogP contribution in [0.1, 0.15) is 16.1 Å². The van der Waals surface area contributed by atoms with Crippen LogP contribution in [0.4, 0.5) is 0 Å². The summed E-state index contributed by atoms with van der Waals surface area (Å²) < 4.78 is 0. The Morgan fingerprint density at radius 3 is 2.62 bits per heavy atom. The maximum atomic E-state index is 12.3. The standard InChI is InChI=1S/C18H18N4O2/c23-12-14(10-13-6-2-1-3-7-13)20-18(24)17-11-16(21-22-17)15-8-4-5-9-19-15/h1-9,11,14,23H,10,12H2,(H,20,24)(H,21,22)/t14-/m1/s1. The van der Waals surface area contributed by atoms with Crippen molar-refractivity contribution in [2.75, 3.05) is 6.61 Å². The molecule has 0 saturated carbocycles. The van der Waals surface area contributed by atoms with E-state index in [2.05, 4.69) is 20.5 Å². The first kappa shape index (κ1) is 15.9. The Bertz CT molecular complexity index is 787. The number of carbonyl (C=O) groups excluding carboxylic acids is 1. The lowest BCUT2D eigenvalue weighted by molar-refractivity contribution is 0.0911. The van der Waals surface area contributed by atoms with Crippen molar-refractivity contribution in [3.63, 3.8) is 0 Å². The van der Waals surface area contributed by atoms with E-state index < -0.39 is 0 Å². The second kappa shape index (κ2) is 7.52. The highest BCUT2D eigenvalue weighted by Crippen LogP contribution is 2.14. The second-order valence-electron chi connectivity index (χ2n) is 5.42. The molecule has 0 radical (unpaired) electrons. The number of pyridine rings is 1. The number of aromatic amines is 1. The van der Waals surface area contributed by atoms with Crippen molar-refractivity contribution in [2.24, 2.45) is 0 Å². The van der Waals surface area contributed by atoms with Gasteiger partial charge < -0.3 is 10.4 Å². The summed E-state index contributed by atoms with van der Waals surface area (Å²) in [6.45, 7) is -0.137. The van der Waals surface area contributed by atoms with Crippen LogP contribution in [-0.4, -0.2) is 38.8 Å². The monoisotopic (exact) mass is 322 g/mol. The molecule has 6 nitrogen and oxygen atoms in total. The van der Waals surface area contributed by atoms with E-state index in [1.807, 2.05) is 48.5 Å². The van der Waals surface area contributed by atoms with Crippen LogP contribution in [-0.2, 0) is 6.42 Å². The zero-order valence-corrected chi connectivity index (χ0v) is 13.0. The van der Waals surface area contributed by atoms with Crippen molar-refractivity contribution >= 4 is 5.91 Å². The van der Waals surface area contributed by atoms with Crippen LogP contribution in [0.25, 0.3) is 11.4 Å². The quantitative estimate of drug-likeness (QED) is 0.645. The highest BCUT2D eigenvalue weighted by atomic mass is 16.3. The van der Waals surface area contributed by atoms with E-state index in [1.54, 1.807) is 12.3 Å². The number of aliphatic hydroxyl groups is 1. The minimum Gasteiger partial charge on any atom is -0.394 e. The Morgan fingerprint density at radius 1 is 1.12 bits per heavy atom. The molecule has 0 aliphatic heterocycles. The number of H-pyrrole nitrogens is 1. The molecule has 0 aliphatic rings. The van der Waals surface area contributed by atoms with Crippen molar-refractivity contribution in [3.05, 3.63) is 72.1 Å². The Kier molecular flexibility index (Phi) is 4.98. The molecule has 3 N–H and O–H groups in total. The van der Waals surface area contributed by atoms with Crippen LogP contribution in [0.5, 0.6) is 0 Å². The van der Waals surface area contributed by atoms with Crippen LogP contribution >= 0.6 is 0 Å². The van der Waals surface area contributed by atoms with Gasteiger partial charge in [-0.05, 0) is 30.2 Å². The zero-order valence-electron chi connectivity index (χ0n) is 13.0. The smallest absolute Gasteiger partial charge is 0.269 e. The molecule has 0 saturated heterocycles. The number of nitrogens with one attached hydrogen (secondary N) is 2. The van der Waals surface area contributed by atoms with Gasteiger partial charge in [0, 0.05) is 6.20 Å². The van der Waals surface area contributed by atoms with Gasteiger partial charge in [0.25, 0.3) is 5.91 Å². The zero-order chi connectivity index (χ0) is 16.8. The number of aromatic nitrogens is 3. The molecule has 1 amide bonds. The summed E-state index contributed by atoms with van der Waals surface area (Å²) >= 11 is 0. The summed E-state index contributed by atoms with van der Waals surface area (Å²) in [6, 6.07) is 16.5. The van der Waals surface area contributed by atoms with E-state index in [1.165, 1.54) is 0 Å². The molecular formula is C18H18N4O2. The van der Waals surface area contributed by atoms with E-state index in [-0.39, 0.29) is 18.6 Å². The van der Waals surface area contributed by atoms with Crippen LogP contribution in [0, 0.1) is 0 Å². The fourth-order valence-electron chi connectivity index (χ4n) is 2.41. The van der Waals surface area contributed by atoms with Gasteiger partial charge in [0.2, 0.25) is 0 Å². The van der Waals surface area contributed by atoms with E-state index in [9.17, 15) is 9.90 Å². The fourth-order valence-corrected chi connectivity index (χ4v) is 2.41. The van der Waals surface area contributed by atoms with Gasteiger partial charge in [-0.2, -0.15) is 5.10 Å². The van der Waals surface area contributed by atoms with Gasteiger partial charge in [0.1, 0.15) is 11.4 Å². The molecule has 3 rings (SSSR count). The van der Waals surface area contributed by atoms with Crippen molar-refractivity contribution in [1.29, 1.82) is 0 Å². The van der Waals surface area contributed by atoms with Gasteiger partial charge >= 0.3 is 0 Å². The third kappa shape index (κ3) is 3.85. The first-order chi connectivity index (χ1) is 11.8. The number of aliphatic hydroxyl groups excluding tert-OH is 1. The molecule has 3 aromatic rings. The first-order valence-corrected chi connectivity index (χ1v) is 7.68. The van der Waals surface area contributed by atoms with Crippen LogP contribution < -0.4 is 5.32 Å². The summed E-state index contributed by atoms with van der Waals surface area (Å²) in [6.07, 6.45) is 2.23. The Labute approximate surface area is 139 Å². The van der Waals surface area contributed by atoms with Crippen molar-refractivity contribution in [1.82, 2.24) is 20.5 Å². The SMILES string of the molecule is O=C(N[C@@H](CO)Cc1ccccc1)c1cc(-c2ccccn2)n[nH]1. The van der Waals surface area contributed by atoms with Crippen LogP contribution in [0.2, 0.25) is 0 Å². The lowest BCUT2D eigenvalue weighted by atomic mass is 10.1. The predicted octanol–water partition coefficient (Wildman–Crippen LogP) is 1.81. The van der Waals surface area contributed by atoms with Gasteiger partial charge in [0.15, 0.2) is 0 Å². The number of benzene rings is 1. The topological polar surface area (TPSA) is 90.9 Å². The maximum absolute atomic E-state index is 12.3. The summed E-state index contributed by atoms with van der Waals surface area (Å²) in [4.78, 5) is 16.5. The number of nitrogens with zero attached hydrogens (tertiary/aromatic N) is 2. The van der Waals surface area contributed by atoms with Crippen molar-refractivity contribution in [2.45, 2.75) is 12.5 Å². The number of hydrogen-bond donors (Lipinski definition) is 3. The maximum Gasteiger partial charge on any atom is 0.269 e. The molecule has 0 spiro atoms. The third-order valence-corrected chi connectivity index (χ3v) is 3.63. The number of hydrogen-bond acceptors (Lipinski definition) is 4. The first-order valence-electron chi connectivity index (χ1n) is 7.68.